The Bertz CT molecular complexity index is 962. The van der Waals surface area contributed by atoms with Crippen molar-refractivity contribution < 1.29 is 4.79 Å². The monoisotopic (exact) mass is 391 g/mol. The van der Waals surface area contributed by atoms with Gasteiger partial charge in [-0.15, -0.1) is 10.2 Å². The summed E-state index contributed by atoms with van der Waals surface area (Å²) in [6, 6.07) is 19.6. The highest BCUT2D eigenvalue weighted by Crippen LogP contribution is 2.27. The molecule has 28 heavy (non-hydrogen) atoms. The average Bonchev–Trinajstić information content (AvgIpc) is 3.18. The lowest BCUT2D eigenvalue weighted by Gasteiger charge is -2.25. The van der Waals surface area contributed by atoms with Crippen LogP contribution in [-0.2, 0) is 4.79 Å². The SMILES string of the molecule is Cc1ccc(N(CCC#N)C(=O)C(C)Sc2nncn2-c2ccccc2)cc1. The fourth-order valence-electron chi connectivity index (χ4n) is 2.75. The van der Waals surface area contributed by atoms with E-state index in [-0.39, 0.29) is 17.6 Å². The molecule has 3 rings (SSSR count). The topological polar surface area (TPSA) is 74.8 Å². The number of carbonyl (C=O) groups excluding carboxylic acids is 1. The van der Waals surface area contributed by atoms with Gasteiger partial charge in [0.15, 0.2) is 5.16 Å². The van der Waals surface area contributed by atoms with Crippen LogP contribution in [0.15, 0.2) is 66.1 Å². The normalized spacial score (nSPS) is 11.6. The molecule has 0 saturated carbocycles. The number of thioether (sulfide) groups is 1. The van der Waals surface area contributed by atoms with E-state index in [1.54, 1.807) is 11.2 Å². The van der Waals surface area contributed by atoms with Crippen molar-refractivity contribution in [3.8, 4) is 11.8 Å². The second-order valence-electron chi connectivity index (χ2n) is 6.31. The number of para-hydroxylation sites is 1. The quantitative estimate of drug-likeness (QED) is 0.569. The molecule has 1 atom stereocenters. The number of anilines is 1. The van der Waals surface area contributed by atoms with Gasteiger partial charge in [-0.2, -0.15) is 5.26 Å². The lowest BCUT2D eigenvalue weighted by atomic mass is 10.2. The number of nitriles is 1. The van der Waals surface area contributed by atoms with Gasteiger partial charge in [-0.3, -0.25) is 9.36 Å². The number of aryl methyl sites for hydroxylation is 1. The van der Waals surface area contributed by atoms with E-state index in [2.05, 4.69) is 16.3 Å². The molecule has 142 valence electrons. The van der Waals surface area contributed by atoms with Crippen LogP contribution in [0.4, 0.5) is 5.69 Å². The van der Waals surface area contributed by atoms with Crippen molar-refractivity contribution in [2.24, 2.45) is 0 Å². The zero-order chi connectivity index (χ0) is 19.9. The maximum atomic E-state index is 13.1. The molecule has 0 saturated heterocycles. The minimum atomic E-state index is -0.383. The van der Waals surface area contributed by atoms with E-state index >= 15 is 0 Å². The van der Waals surface area contributed by atoms with Crippen LogP contribution in [0.5, 0.6) is 0 Å². The van der Waals surface area contributed by atoms with Crippen LogP contribution in [0.1, 0.15) is 18.9 Å². The van der Waals surface area contributed by atoms with Gasteiger partial charge < -0.3 is 4.90 Å². The Balaban J connectivity index is 1.80. The fraction of sp³-hybridized carbons (Fsp3) is 0.238. The van der Waals surface area contributed by atoms with Crippen LogP contribution in [-0.4, -0.2) is 32.5 Å². The Hall–Kier alpha value is -3.11. The van der Waals surface area contributed by atoms with Gasteiger partial charge in [0.25, 0.3) is 0 Å². The zero-order valence-corrected chi connectivity index (χ0v) is 16.6. The molecule has 3 aromatic rings. The third-order valence-electron chi connectivity index (χ3n) is 4.24. The van der Waals surface area contributed by atoms with Crippen molar-refractivity contribution in [1.29, 1.82) is 5.26 Å². The molecule has 0 fully saturated rings. The third-order valence-corrected chi connectivity index (χ3v) is 5.28. The minimum absolute atomic E-state index is 0.0632. The Morgan fingerprint density at radius 2 is 1.93 bits per heavy atom. The molecule has 0 aliphatic heterocycles. The molecular weight excluding hydrogens is 370 g/mol. The molecule has 1 aromatic heterocycles. The molecule has 0 radical (unpaired) electrons. The van der Waals surface area contributed by atoms with E-state index < -0.39 is 0 Å². The number of hydrogen-bond donors (Lipinski definition) is 0. The highest BCUT2D eigenvalue weighted by molar-refractivity contribution is 8.00. The third kappa shape index (κ3) is 4.59. The van der Waals surface area contributed by atoms with Crippen LogP contribution >= 0.6 is 11.8 Å². The molecule has 0 N–H and O–H groups in total. The van der Waals surface area contributed by atoms with Gasteiger partial charge in [0.05, 0.1) is 17.7 Å². The van der Waals surface area contributed by atoms with Gasteiger partial charge in [-0.1, -0.05) is 47.7 Å². The first kappa shape index (κ1) is 19.6. The van der Waals surface area contributed by atoms with E-state index in [1.807, 2.05) is 73.0 Å². The van der Waals surface area contributed by atoms with Gasteiger partial charge in [0, 0.05) is 17.9 Å². The Kier molecular flexibility index (Phi) is 6.45. The molecule has 1 heterocycles. The summed E-state index contributed by atoms with van der Waals surface area (Å²) in [4.78, 5) is 14.8. The van der Waals surface area contributed by atoms with Crippen LogP contribution < -0.4 is 4.90 Å². The summed E-state index contributed by atoms with van der Waals surface area (Å²) in [5, 5.41) is 17.4. The molecule has 1 amide bonds. The molecule has 0 aliphatic rings. The second-order valence-corrected chi connectivity index (χ2v) is 7.62. The maximum absolute atomic E-state index is 13.1. The molecule has 0 bridgehead atoms. The number of rotatable bonds is 7. The average molecular weight is 392 g/mol. The van der Waals surface area contributed by atoms with Crippen molar-refractivity contribution >= 4 is 23.4 Å². The zero-order valence-electron chi connectivity index (χ0n) is 15.8. The summed E-state index contributed by atoms with van der Waals surface area (Å²) in [6.45, 7) is 4.21. The first-order chi connectivity index (χ1) is 13.6. The van der Waals surface area contributed by atoms with Crippen molar-refractivity contribution in [2.45, 2.75) is 30.7 Å². The molecule has 6 nitrogen and oxygen atoms in total. The number of hydrogen-bond acceptors (Lipinski definition) is 5. The second kappa shape index (κ2) is 9.20. The van der Waals surface area contributed by atoms with Crippen LogP contribution in [0.2, 0.25) is 0 Å². The van der Waals surface area contributed by atoms with Crippen molar-refractivity contribution in [3.05, 3.63) is 66.5 Å². The van der Waals surface area contributed by atoms with Gasteiger partial charge in [-0.05, 0) is 38.1 Å². The molecule has 1 unspecified atom stereocenters. The summed E-state index contributed by atoms with van der Waals surface area (Å²) < 4.78 is 1.86. The Labute approximate surface area is 168 Å². The molecule has 0 aliphatic carbocycles. The van der Waals surface area contributed by atoms with E-state index in [0.717, 1.165) is 16.9 Å². The predicted molar refractivity (Wildman–Crippen MR) is 110 cm³/mol. The first-order valence-electron chi connectivity index (χ1n) is 8.97. The molecule has 2 aromatic carbocycles. The van der Waals surface area contributed by atoms with Gasteiger partial charge >= 0.3 is 0 Å². The lowest BCUT2D eigenvalue weighted by Crippen LogP contribution is -2.37. The van der Waals surface area contributed by atoms with Gasteiger partial charge in [0.2, 0.25) is 5.91 Å². The van der Waals surface area contributed by atoms with Crippen LogP contribution in [0.25, 0.3) is 5.69 Å². The van der Waals surface area contributed by atoms with E-state index in [9.17, 15) is 4.79 Å². The largest absolute Gasteiger partial charge is 0.310 e. The van der Waals surface area contributed by atoms with Crippen LogP contribution in [0.3, 0.4) is 0 Å². The summed E-state index contributed by atoms with van der Waals surface area (Å²) >= 11 is 1.35. The van der Waals surface area contributed by atoms with Crippen molar-refractivity contribution in [2.75, 3.05) is 11.4 Å². The standard InChI is InChI=1S/C21H21N5OS/c1-16-9-11-19(12-10-16)25(14-6-13-22)20(27)17(2)28-21-24-23-15-26(21)18-7-4-3-5-8-18/h3-5,7-12,15,17H,6,14H2,1-2H3. The number of carbonyl (C=O) groups is 1. The molecule has 7 heteroatoms. The Morgan fingerprint density at radius 1 is 1.21 bits per heavy atom. The number of nitrogens with zero attached hydrogens (tertiary/aromatic N) is 5. The fourth-order valence-corrected chi connectivity index (χ4v) is 3.66. The number of amides is 1. The summed E-state index contributed by atoms with van der Waals surface area (Å²) in [5.41, 5.74) is 2.85. The summed E-state index contributed by atoms with van der Waals surface area (Å²) in [6.07, 6.45) is 1.92. The highest BCUT2D eigenvalue weighted by atomic mass is 32.2. The van der Waals surface area contributed by atoms with Gasteiger partial charge in [-0.25, -0.2) is 0 Å². The minimum Gasteiger partial charge on any atom is -0.310 e. The van der Waals surface area contributed by atoms with E-state index in [0.29, 0.717) is 11.7 Å². The smallest absolute Gasteiger partial charge is 0.240 e. The van der Waals surface area contributed by atoms with Crippen molar-refractivity contribution in [3.63, 3.8) is 0 Å². The number of aromatic nitrogens is 3. The first-order valence-corrected chi connectivity index (χ1v) is 9.85. The highest BCUT2D eigenvalue weighted by Gasteiger charge is 2.24. The molecular formula is C21H21N5OS. The maximum Gasteiger partial charge on any atom is 0.240 e. The predicted octanol–water partition coefficient (Wildman–Crippen LogP) is 4.00. The van der Waals surface area contributed by atoms with E-state index in [1.165, 1.54) is 11.8 Å². The van der Waals surface area contributed by atoms with Crippen LogP contribution in [0, 0.1) is 18.3 Å². The van der Waals surface area contributed by atoms with Gasteiger partial charge in [0.1, 0.15) is 6.33 Å². The summed E-state index contributed by atoms with van der Waals surface area (Å²) in [5.74, 6) is -0.0632. The molecule has 0 spiro atoms. The number of benzene rings is 2. The summed E-state index contributed by atoms with van der Waals surface area (Å²) in [7, 11) is 0. The lowest BCUT2D eigenvalue weighted by molar-refractivity contribution is -0.117. The van der Waals surface area contributed by atoms with E-state index in [4.69, 9.17) is 5.26 Å². The Morgan fingerprint density at radius 3 is 2.61 bits per heavy atom. The van der Waals surface area contributed by atoms with Crippen molar-refractivity contribution in [1.82, 2.24) is 14.8 Å².